The van der Waals surface area contributed by atoms with Crippen molar-refractivity contribution in [3.63, 3.8) is 0 Å². The van der Waals surface area contributed by atoms with Gasteiger partial charge in [0.2, 0.25) is 0 Å². The lowest BCUT2D eigenvalue weighted by Crippen LogP contribution is -2.33. The Kier molecular flexibility index (Phi) is 5.86. The number of nitrogens with zero attached hydrogens (tertiary/aromatic N) is 4. The molecule has 5 nitrogen and oxygen atoms in total. The molecular weight excluding hydrogens is 324 g/mol. The van der Waals surface area contributed by atoms with Gasteiger partial charge in [0.15, 0.2) is 0 Å². The molecule has 0 N–H and O–H groups in total. The Balaban J connectivity index is 1.92. The average molecular weight is 352 g/mol. The van der Waals surface area contributed by atoms with E-state index in [0.717, 1.165) is 44.0 Å². The van der Waals surface area contributed by atoms with E-state index in [9.17, 15) is 4.79 Å². The maximum absolute atomic E-state index is 13.0. The zero-order chi connectivity index (χ0) is 18.5. The number of hydrogen-bond acceptors (Lipinski definition) is 4. The Hall–Kier alpha value is -2.43. The van der Waals surface area contributed by atoms with Gasteiger partial charge in [-0.25, -0.2) is 9.97 Å². The van der Waals surface area contributed by atoms with Crippen LogP contribution in [0.25, 0.3) is 0 Å². The van der Waals surface area contributed by atoms with Crippen LogP contribution in [-0.4, -0.2) is 40.4 Å². The molecular formula is C21H28N4O. The molecule has 3 rings (SSSR count). The monoisotopic (exact) mass is 352 g/mol. The Bertz CT molecular complexity index is 766. The largest absolute Gasteiger partial charge is 0.337 e. The predicted molar refractivity (Wildman–Crippen MR) is 105 cm³/mol. The number of carbonyl (C=O) groups excluding carboxylic acids is 1. The van der Waals surface area contributed by atoms with Crippen molar-refractivity contribution in [2.45, 2.75) is 46.5 Å². The predicted octanol–water partition coefficient (Wildman–Crippen LogP) is 4.27. The molecule has 1 aromatic heterocycles. The van der Waals surface area contributed by atoms with Gasteiger partial charge in [-0.3, -0.25) is 4.79 Å². The lowest BCUT2D eigenvalue weighted by atomic mass is 10.2. The van der Waals surface area contributed by atoms with Crippen molar-refractivity contribution in [3.8, 4) is 0 Å². The summed E-state index contributed by atoms with van der Waals surface area (Å²) in [5.41, 5.74) is 2.78. The van der Waals surface area contributed by atoms with Gasteiger partial charge in [-0.05, 0) is 51.3 Å². The Morgan fingerprint density at radius 3 is 2.46 bits per heavy atom. The smallest absolute Gasteiger partial charge is 0.272 e. The number of likely N-dealkylation sites (tertiary alicyclic amines) is 1. The minimum Gasteiger partial charge on any atom is -0.337 e. The van der Waals surface area contributed by atoms with E-state index in [0.29, 0.717) is 11.5 Å². The number of benzene rings is 1. The number of aryl methyl sites for hydroxylation is 2. The Morgan fingerprint density at radius 2 is 1.81 bits per heavy atom. The first-order chi connectivity index (χ1) is 12.6. The van der Waals surface area contributed by atoms with Crippen molar-refractivity contribution in [2.75, 3.05) is 24.5 Å². The van der Waals surface area contributed by atoms with Crippen LogP contribution < -0.4 is 4.90 Å². The van der Waals surface area contributed by atoms with Gasteiger partial charge in [0.1, 0.15) is 17.3 Å². The van der Waals surface area contributed by atoms with Crippen molar-refractivity contribution in [1.82, 2.24) is 14.9 Å². The first-order valence-corrected chi connectivity index (χ1v) is 9.57. The number of rotatable bonds is 4. The number of amides is 1. The van der Waals surface area contributed by atoms with Crippen LogP contribution in [0.15, 0.2) is 30.3 Å². The second-order valence-corrected chi connectivity index (χ2v) is 6.95. The van der Waals surface area contributed by atoms with Crippen LogP contribution in [0.2, 0.25) is 0 Å². The van der Waals surface area contributed by atoms with Crippen LogP contribution in [0, 0.1) is 13.8 Å². The highest BCUT2D eigenvalue weighted by molar-refractivity contribution is 5.93. The summed E-state index contributed by atoms with van der Waals surface area (Å²) in [5, 5.41) is 0. The standard InChI is InChI=1S/C21H28N4O/c1-4-25(18-11-9-10-16(2)14-18)20-15-19(22-17(3)23-20)21(26)24-12-7-5-6-8-13-24/h9-11,14-15H,4-8,12-13H2,1-3H3. The van der Waals surface area contributed by atoms with Crippen molar-refractivity contribution in [1.29, 1.82) is 0 Å². The molecule has 0 unspecified atom stereocenters. The molecule has 1 fully saturated rings. The molecule has 1 aromatic carbocycles. The van der Waals surface area contributed by atoms with Crippen molar-refractivity contribution in [3.05, 3.63) is 47.4 Å². The molecule has 0 radical (unpaired) electrons. The zero-order valence-electron chi connectivity index (χ0n) is 16.0. The highest BCUT2D eigenvalue weighted by atomic mass is 16.2. The van der Waals surface area contributed by atoms with E-state index in [1.165, 1.54) is 18.4 Å². The van der Waals surface area contributed by atoms with Crippen LogP contribution >= 0.6 is 0 Å². The highest BCUT2D eigenvalue weighted by Crippen LogP contribution is 2.25. The summed E-state index contributed by atoms with van der Waals surface area (Å²) < 4.78 is 0. The molecule has 1 saturated heterocycles. The fraction of sp³-hybridized carbons (Fsp3) is 0.476. The highest BCUT2D eigenvalue weighted by Gasteiger charge is 2.21. The summed E-state index contributed by atoms with van der Waals surface area (Å²) in [6, 6.07) is 10.2. The molecule has 2 aromatic rings. The summed E-state index contributed by atoms with van der Waals surface area (Å²) in [7, 11) is 0. The van der Waals surface area contributed by atoms with E-state index in [2.05, 4.69) is 46.9 Å². The fourth-order valence-electron chi connectivity index (χ4n) is 3.51. The second kappa shape index (κ2) is 8.30. The summed E-state index contributed by atoms with van der Waals surface area (Å²) in [5.74, 6) is 1.44. The second-order valence-electron chi connectivity index (χ2n) is 6.95. The quantitative estimate of drug-likeness (QED) is 0.824. The van der Waals surface area contributed by atoms with Crippen LogP contribution in [0.5, 0.6) is 0 Å². The van der Waals surface area contributed by atoms with Gasteiger partial charge in [0.05, 0.1) is 0 Å². The minimum absolute atomic E-state index is 0.0268. The molecule has 0 atom stereocenters. The number of aromatic nitrogens is 2. The maximum atomic E-state index is 13.0. The lowest BCUT2D eigenvalue weighted by Gasteiger charge is -2.24. The normalized spacial score (nSPS) is 14.8. The third-order valence-electron chi connectivity index (χ3n) is 4.84. The van der Waals surface area contributed by atoms with Crippen molar-refractivity contribution >= 4 is 17.4 Å². The van der Waals surface area contributed by atoms with Gasteiger partial charge in [-0.15, -0.1) is 0 Å². The van der Waals surface area contributed by atoms with Crippen LogP contribution in [0.4, 0.5) is 11.5 Å². The molecule has 138 valence electrons. The summed E-state index contributed by atoms with van der Waals surface area (Å²) >= 11 is 0. The number of anilines is 2. The first kappa shape index (κ1) is 18.4. The van der Waals surface area contributed by atoms with Gasteiger partial charge in [0, 0.05) is 31.4 Å². The van der Waals surface area contributed by atoms with Crippen LogP contribution in [-0.2, 0) is 0 Å². The van der Waals surface area contributed by atoms with Gasteiger partial charge in [-0.2, -0.15) is 0 Å². The molecule has 1 aliphatic heterocycles. The molecule has 0 bridgehead atoms. The van der Waals surface area contributed by atoms with Gasteiger partial charge >= 0.3 is 0 Å². The molecule has 5 heteroatoms. The van der Waals surface area contributed by atoms with Gasteiger partial charge < -0.3 is 9.80 Å². The van der Waals surface area contributed by atoms with Gasteiger partial charge in [-0.1, -0.05) is 25.0 Å². The number of carbonyl (C=O) groups is 1. The summed E-state index contributed by atoms with van der Waals surface area (Å²) in [6.45, 7) is 8.45. The van der Waals surface area contributed by atoms with E-state index < -0.39 is 0 Å². The van der Waals surface area contributed by atoms with Gasteiger partial charge in [0.25, 0.3) is 5.91 Å². The molecule has 1 aliphatic rings. The maximum Gasteiger partial charge on any atom is 0.272 e. The summed E-state index contributed by atoms with van der Waals surface area (Å²) in [4.78, 5) is 26.1. The Morgan fingerprint density at radius 1 is 1.08 bits per heavy atom. The SMILES string of the molecule is CCN(c1cccc(C)c1)c1cc(C(=O)N2CCCCCC2)nc(C)n1. The van der Waals surface area contributed by atoms with Crippen LogP contribution in [0.3, 0.4) is 0 Å². The summed E-state index contributed by atoms with van der Waals surface area (Å²) in [6.07, 6.45) is 4.56. The topological polar surface area (TPSA) is 49.3 Å². The average Bonchev–Trinajstić information content (AvgIpc) is 2.91. The fourth-order valence-corrected chi connectivity index (χ4v) is 3.51. The van der Waals surface area contributed by atoms with E-state index in [1.807, 2.05) is 24.0 Å². The molecule has 0 saturated carbocycles. The number of hydrogen-bond donors (Lipinski definition) is 0. The van der Waals surface area contributed by atoms with E-state index in [1.54, 1.807) is 0 Å². The van der Waals surface area contributed by atoms with E-state index in [4.69, 9.17) is 0 Å². The zero-order valence-corrected chi connectivity index (χ0v) is 16.0. The van der Waals surface area contributed by atoms with Crippen molar-refractivity contribution in [2.24, 2.45) is 0 Å². The lowest BCUT2D eigenvalue weighted by molar-refractivity contribution is 0.0755. The van der Waals surface area contributed by atoms with Crippen molar-refractivity contribution < 1.29 is 4.79 Å². The molecule has 2 heterocycles. The minimum atomic E-state index is 0.0268. The third kappa shape index (κ3) is 4.21. The molecule has 0 spiro atoms. The van der Waals surface area contributed by atoms with Crippen LogP contribution in [0.1, 0.15) is 54.5 Å². The molecule has 1 amide bonds. The van der Waals surface area contributed by atoms with E-state index >= 15 is 0 Å². The third-order valence-corrected chi connectivity index (χ3v) is 4.84. The molecule has 0 aliphatic carbocycles. The Labute approximate surface area is 156 Å². The van der Waals surface area contributed by atoms with E-state index in [-0.39, 0.29) is 5.91 Å². The molecule has 26 heavy (non-hydrogen) atoms. The first-order valence-electron chi connectivity index (χ1n) is 9.57.